The minimum atomic E-state index is -0.166. The summed E-state index contributed by atoms with van der Waals surface area (Å²) in [5.41, 5.74) is 5.84. The fourth-order valence-electron chi connectivity index (χ4n) is 2.52. The Kier molecular flexibility index (Phi) is 4.56. The molecule has 106 valence electrons. The predicted molar refractivity (Wildman–Crippen MR) is 82.6 cm³/mol. The zero-order valence-electron chi connectivity index (χ0n) is 12.6. The number of nitrogens with one attached hydrogen (secondary N) is 1. The molecule has 0 fully saturated rings. The lowest BCUT2D eigenvalue weighted by Crippen LogP contribution is -2.19. The average molecular weight is 271 g/mol. The highest BCUT2D eigenvalue weighted by atomic mass is 19.1. The minimum absolute atomic E-state index is 0.131. The summed E-state index contributed by atoms with van der Waals surface area (Å²) in [6.45, 7) is 6.17. The molecular formula is C18H22FN. The Morgan fingerprint density at radius 3 is 2.35 bits per heavy atom. The van der Waals surface area contributed by atoms with Gasteiger partial charge in [-0.1, -0.05) is 24.3 Å². The van der Waals surface area contributed by atoms with Crippen molar-refractivity contribution in [2.75, 3.05) is 7.05 Å². The third-order valence-corrected chi connectivity index (χ3v) is 3.83. The lowest BCUT2D eigenvalue weighted by Gasteiger charge is -2.18. The quantitative estimate of drug-likeness (QED) is 0.876. The molecule has 0 bridgehead atoms. The molecule has 2 aromatic carbocycles. The first-order chi connectivity index (χ1) is 9.49. The topological polar surface area (TPSA) is 12.0 Å². The van der Waals surface area contributed by atoms with Gasteiger partial charge in [0, 0.05) is 6.04 Å². The molecule has 0 aliphatic rings. The smallest absolute Gasteiger partial charge is 0.123 e. The third kappa shape index (κ3) is 3.45. The van der Waals surface area contributed by atoms with Gasteiger partial charge >= 0.3 is 0 Å². The van der Waals surface area contributed by atoms with Crippen molar-refractivity contribution in [3.8, 4) is 0 Å². The van der Waals surface area contributed by atoms with Gasteiger partial charge in [0.1, 0.15) is 5.82 Å². The van der Waals surface area contributed by atoms with Gasteiger partial charge in [-0.2, -0.15) is 0 Å². The van der Waals surface area contributed by atoms with E-state index < -0.39 is 0 Å². The number of benzene rings is 2. The van der Waals surface area contributed by atoms with Crippen molar-refractivity contribution in [3.05, 3.63) is 70.0 Å². The Balaban J connectivity index is 2.26. The molecule has 0 aliphatic heterocycles. The third-order valence-electron chi connectivity index (χ3n) is 3.83. The van der Waals surface area contributed by atoms with Crippen molar-refractivity contribution >= 4 is 0 Å². The van der Waals surface area contributed by atoms with Crippen molar-refractivity contribution in [2.45, 2.75) is 33.2 Å². The van der Waals surface area contributed by atoms with E-state index in [2.05, 4.69) is 37.4 Å². The molecule has 1 N–H and O–H groups in total. The van der Waals surface area contributed by atoms with Crippen LogP contribution in [-0.2, 0) is 6.42 Å². The Hall–Kier alpha value is -1.67. The summed E-state index contributed by atoms with van der Waals surface area (Å²) in [5, 5.41) is 3.29. The highest BCUT2D eigenvalue weighted by Crippen LogP contribution is 2.22. The Bertz CT molecular complexity index is 584. The largest absolute Gasteiger partial charge is 0.313 e. The van der Waals surface area contributed by atoms with Crippen LogP contribution >= 0.6 is 0 Å². The highest BCUT2D eigenvalue weighted by Gasteiger charge is 2.12. The molecule has 0 saturated heterocycles. The van der Waals surface area contributed by atoms with Gasteiger partial charge in [0.25, 0.3) is 0 Å². The molecule has 0 radical (unpaired) electrons. The van der Waals surface area contributed by atoms with Gasteiger partial charge in [0.05, 0.1) is 0 Å². The van der Waals surface area contributed by atoms with E-state index in [4.69, 9.17) is 0 Å². The molecule has 1 atom stereocenters. The number of aryl methyl sites for hydroxylation is 3. The first kappa shape index (κ1) is 14.7. The summed E-state index contributed by atoms with van der Waals surface area (Å²) >= 11 is 0. The summed E-state index contributed by atoms with van der Waals surface area (Å²) < 4.78 is 13.6. The summed E-state index contributed by atoms with van der Waals surface area (Å²) in [6, 6.07) is 11.9. The first-order valence-electron chi connectivity index (χ1n) is 7.00. The van der Waals surface area contributed by atoms with Crippen LogP contribution in [0.3, 0.4) is 0 Å². The molecule has 2 rings (SSSR count). The summed E-state index contributed by atoms with van der Waals surface area (Å²) in [4.78, 5) is 0. The van der Waals surface area contributed by atoms with Gasteiger partial charge in [0.2, 0.25) is 0 Å². The molecule has 0 saturated carbocycles. The van der Waals surface area contributed by atoms with Gasteiger partial charge < -0.3 is 5.32 Å². The Labute approximate surface area is 120 Å². The standard InChI is InChI=1S/C18H22FN/c1-12-7-16(11-17(19)8-12)18(20-4)10-15-6-5-13(2)14(3)9-15/h5-9,11,18,20H,10H2,1-4H3. The molecule has 0 amide bonds. The molecule has 0 spiro atoms. The van der Waals surface area contributed by atoms with Gasteiger partial charge in [-0.3, -0.25) is 0 Å². The second-order valence-electron chi connectivity index (χ2n) is 5.53. The van der Waals surface area contributed by atoms with Crippen molar-refractivity contribution in [1.29, 1.82) is 0 Å². The number of rotatable bonds is 4. The van der Waals surface area contributed by atoms with Crippen LogP contribution in [0, 0.1) is 26.6 Å². The van der Waals surface area contributed by atoms with Crippen LogP contribution < -0.4 is 5.32 Å². The van der Waals surface area contributed by atoms with E-state index >= 15 is 0 Å². The number of hydrogen-bond acceptors (Lipinski definition) is 1. The number of hydrogen-bond donors (Lipinski definition) is 1. The van der Waals surface area contributed by atoms with E-state index in [-0.39, 0.29) is 11.9 Å². The number of halogens is 1. The Morgan fingerprint density at radius 1 is 1.00 bits per heavy atom. The Morgan fingerprint density at radius 2 is 1.75 bits per heavy atom. The van der Waals surface area contributed by atoms with E-state index in [1.165, 1.54) is 16.7 Å². The van der Waals surface area contributed by atoms with E-state index in [1.807, 2.05) is 20.0 Å². The lowest BCUT2D eigenvalue weighted by atomic mass is 9.95. The molecule has 1 nitrogen and oxygen atoms in total. The molecule has 0 heterocycles. The number of likely N-dealkylation sites (N-methyl/N-ethyl adjacent to an activating group) is 1. The van der Waals surface area contributed by atoms with Crippen LogP contribution in [0.25, 0.3) is 0 Å². The van der Waals surface area contributed by atoms with Crippen molar-refractivity contribution in [2.24, 2.45) is 0 Å². The van der Waals surface area contributed by atoms with E-state index in [0.29, 0.717) is 0 Å². The van der Waals surface area contributed by atoms with Crippen molar-refractivity contribution < 1.29 is 4.39 Å². The van der Waals surface area contributed by atoms with E-state index in [1.54, 1.807) is 12.1 Å². The molecule has 20 heavy (non-hydrogen) atoms. The first-order valence-corrected chi connectivity index (χ1v) is 7.00. The van der Waals surface area contributed by atoms with Crippen LogP contribution in [0.1, 0.15) is 33.9 Å². The van der Waals surface area contributed by atoms with Gasteiger partial charge in [-0.05, 0) is 74.2 Å². The van der Waals surface area contributed by atoms with Crippen LogP contribution in [0.4, 0.5) is 4.39 Å². The van der Waals surface area contributed by atoms with Crippen molar-refractivity contribution in [3.63, 3.8) is 0 Å². The fourth-order valence-corrected chi connectivity index (χ4v) is 2.52. The molecule has 2 aromatic rings. The van der Waals surface area contributed by atoms with Gasteiger partial charge in [-0.25, -0.2) is 4.39 Å². The fraction of sp³-hybridized carbons (Fsp3) is 0.333. The maximum atomic E-state index is 13.6. The second kappa shape index (κ2) is 6.19. The molecule has 1 unspecified atom stereocenters. The average Bonchev–Trinajstić information content (AvgIpc) is 2.38. The van der Waals surface area contributed by atoms with Crippen molar-refractivity contribution in [1.82, 2.24) is 5.32 Å². The monoisotopic (exact) mass is 271 g/mol. The zero-order valence-corrected chi connectivity index (χ0v) is 12.6. The molecular weight excluding hydrogens is 249 g/mol. The van der Waals surface area contributed by atoms with Crippen LogP contribution in [-0.4, -0.2) is 7.05 Å². The summed E-state index contributed by atoms with van der Waals surface area (Å²) in [6.07, 6.45) is 0.862. The van der Waals surface area contributed by atoms with Crippen LogP contribution in [0.15, 0.2) is 36.4 Å². The maximum Gasteiger partial charge on any atom is 0.123 e. The van der Waals surface area contributed by atoms with Gasteiger partial charge in [-0.15, -0.1) is 0 Å². The molecule has 0 aromatic heterocycles. The molecule has 2 heteroatoms. The second-order valence-corrected chi connectivity index (χ2v) is 5.53. The summed E-state index contributed by atoms with van der Waals surface area (Å²) in [5.74, 6) is -0.166. The zero-order chi connectivity index (χ0) is 14.7. The van der Waals surface area contributed by atoms with Crippen LogP contribution in [0.5, 0.6) is 0 Å². The van der Waals surface area contributed by atoms with E-state index in [0.717, 1.165) is 17.5 Å². The summed E-state index contributed by atoms with van der Waals surface area (Å²) in [7, 11) is 1.92. The van der Waals surface area contributed by atoms with E-state index in [9.17, 15) is 4.39 Å². The molecule has 0 aliphatic carbocycles. The van der Waals surface area contributed by atoms with Crippen LogP contribution in [0.2, 0.25) is 0 Å². The SMILES string of the molecule is CNC(Cc1ccc(C)c(C)c1)c1cc(C)cc(F)c1. The normalized spacial score (nSPS) is 12.4. The minimum Gasteiger partial charge on any atom is -0.313 e. The predicted octanol–water partition coefficient (Wildman–Crippen LogP) is 4.25. The van der Waals surface area contributed by atoms with Gasteiger partial charge in [0.15, 0.2) is 0 Å². The highest BCUT2D eigenvalue weighted by molar-refractivity contribution is 5.32. The maximum absolute atomic E-state index is 13.6. The lowest BCUT2D eigenvalue weighted by molar-refractivity contribution is 0.576.